The van der Waals surface area contributed by atoms with E-state index >= 15 is 0 Å². The minimum absolute atomic E-state index is 0.00361. The molecule has 2 amide bonds. The predicted molar refractivity (Wildman–Crippen MR) is 127 cm³/mol. The Kier molecular flexibility index (Phi) is 7.64. The molecule has 0 saturated carbocycles. The average molecular weight is 486 g/mol. The van der Waals surface area contributed by atoms with Gasteiger partial charge in [-0.1, -0.05) is 28.9 Å². The number of hydrogen-bond donors (Lipinski definition) is 1. The van der Waals surface area contributed by atoms with Crippen molar-refractivity contribution in [3.63, 3.8) is 0 Å². The van der Waals surface area contributed by atoms with Gasteiger partial charge in [-0.25, -0.2) is 4.98 Å². The lowest BCUT2D eigenvalue weighted by Gasteiger charge is -2.34. The Labute approximate surface area is 201 Å². The molecular weight excluding hydrogens is 462 g/mol. The number of carbonyl (C=O) groups is 2. The van der Waals surface area contributed by atoms with Crippen LogP contribution in [0.1, 0.15) is 21.8 Å². The molecule has 10 heteroatoms. The zero-order chi connectivity index (χ0) is 23.2. The van der Waals surface area contributed by atoms with Gasteiger partial charge in [0.2, 0.25) is 5.91 Å². The van der Waals surface area contributed by atoms with E-state index < -0.39 is 0 Å². The van der Waals surface area contributed by atoms with Crippen molar-refractivity contribution in [2.45, 2.75) is 17.6 Å². The molecule has 0 spiro atoms. The first-order chi connectivity index (χ1) is 16.0. The first-order valence-corrected chi connectivity index (χ1v) is 11.9. The van der Waals surface area contributed by atoms with E-state index in [1.54, 1.807) is 23.9 Å². The lowest BCUT2D eigenvalue weighted by atomic mass is 10.2. The van der Waals surface area contributed by atoms with E-state index in [0.29, 0.717) is 48.3 Å². The van der Waals surface area contributed by atoms with Crippen LogP contribution in [0.3, 0.4) is 0 Å². The Morgan fingerprint density at radius 1 is 1.15 bits per heavy atom. The van der Waals surface area contributed by atoms with Crippen molar-refractivity contribution in [2.24, 2.45) is 0 Å². The maximum Gasteiger partial charge on any atom is 0.255 e. The van der Waals surface area contributed by atoms with E-state index in [0.717, 1.165) is 16.3 Å². The summed E-state index contributed by atoms with van der Waals surface area (Å²) in [6.07, 6.45) is 1.49. The third-order valence-corrected chi connectivity index (χ3v) is 6.52. The average Bonchev–Trinajstić information content (AvgIpc) is 3.24. The molecule has 0 atom stereocenters. The highest BCUT2D eigenvalue weighted by Crippen LogP contribution is 2.27. The number of pyridine rings is 1. The summed E-state index contributed by atoms with van der Waals surface area (Å²) in [7, 11) is 0. The molecule has 4 rings (SSSR count). The molecular formula is C23H24ClN5O3S. The number of rotatable bonds is 7. The molecule has 0 unspecified atom stereocenters. The Balaban J connectivity index is 1.29. The summed E-state index contributed by atoms with van der Waals surface area (Å²) in [4.78, 5) is 34.4. The van der Waals surface area contributed by atoms with Crippen LogP contribution < -0.4 is 5.32 Å². The van der Waals surface area contributed by atoms with Gasteiger partial charge in [-0.2, -0.15) is 0 Å². The maximum atomic E-state index is 13.2. The molecule has 3 aromatic rings. The van der Waals surface area contributed by atoms with Gasteiger partial charge in [-0.3, -0.25) is 14.5 Å². The Bertz CT molecular complexity index is 1110. The highest BCUT2D eigenvalue weighted by Gasteiger charge is 2.25. The quantitative estimate of drug-likeness (QED) is 0.510. The fourth-order valence-corrected chi connectivity index (χ4v) is 4.56. The maximum absolute atomic E-state index is 13.2. The van der Waals surface area contributed by atoms with E-state index in [2.05, 4.69) is 15.5 Å². The number of benzene rings is 1. The number of carbonyl (C=O) groups excluding carboxylic acids is 2. The Morgan fingerprint density at radius 2 is 1.94 bits per heavy atom. The van der Waals surface area contributed by atoms with Crippen LogP contribution in [0.15, 0.2) is 58.1 Å². The van der Waals surface area contributed by atoms with Crippen molar-refractivity contribution >= 4 is 41.0 Å². The molecule has 172 valence electrons. The largest absolute Gasteiger partial charge is 0.361 e. The van der Waals surface area contributed by atoms with Crippen LogP contribution >= 0.6 is 23.4 Å². The summed E-state index contributed by atoms with van der Waals surface area (Å²) >= 11 is 7.39. The zero-order valence-electron chi connectivity index (χ0n) is 18.2. The van der Waals surface area contributed by atoms with Crippen molar-refractivity contribution in [3.05, 3.63) is 70.7 Å². The first-order valence-electron chi connectivity index (χ1n) is 10.5. The zero-order valence-corrected chi connectivity index (χ0v) is 19.7. The third-order valence-electron chi connectivity index (χ3n) is 5.19. The Hall–Kier alpha value is -2.88. The fraction of sp³-hybridized carbons (Fsp3) is 0.304. The number of nitrogens with one attached hydrogen (secondary N) is 1. The van der Waals surface area contributed by atoms with Gasteiger partial charge in [0.15, 0.2) is 0 Å². The fourth-order valence-electron chi connectivity index (χ4n) is 3.52. The number of aromatic nitrogens is 2. The first kappa shape index (κ1) is 23.3. The van der Waals surface area contributed by atoms with Gasteiger partial charge < -0.3 is 14.7 Å². The van der Waals surface area contributed by atoms with Gasteiger partial charge in [0, 0.05) is 49.1 Å². The predicted octanol–water partition coefficient (Wildman–Crippen LogP) is 3.72. The minimum atomic E-state index is -0.144. The van der Waals surface area contributed by atoms with E-state index in [9.17, 15) is 9.59 Å². The molecule has 0 aliphatic carbocycles. The normalized spacial score (nSPS) is 14.3. The summed E-state index contributed by atoms with van der Waals surface area (Å²) in [6.45, 7) is 4.48. The molecule has 3 heterocycles. The number of aryl methyl sites for hydroxylation is 1. The van der Waals surface area contributed by atoms with Crippen molar-refractivity contribution < 1.29 is 14.1 Å². The van der Waals surface area contributed by atoms with Gasteiger partial charge in [-0.05, 0) is 31.2 Å². The van der Waals surface area contributed by atoms with Crippen molar-refractivity contribution in [3.8, 4) is 0 Å². The molecule has 1 aliphatic heterocycles. The second-order valence-electron chi connectivity index (χ2n) is 7.69. The van der Waals surface area contributed by atoms with Gasteiger partial charge in [-0.15, -0.1) is 11.8 Å². The Morgan fingerprint density at radius 3 is 2.64 bits per heavy atom. The second-order valence-corrected chi connectivity index (χ2v) is 9.15. The van der Waals surface area contributed by atoms with Crippen LogP contribution in [-0.2, 0) is 10.5 Å². The van der Waals surface area contributed by atoms with E-state index in [-0.39, 0.29) is 18.4 Å². The molecule has 2 aromatic heterocycles. The van der Waals surface area contributed by atoms with Crippen LogP contribution in [0.4, 0.5) is 5.82 Å². The smallest absolute Gasteiger partial charge is 0.255 e. The number of thioether (sulfide) groups is 1. The van der Waals surface area contributed by atoms with Gasteiger partial charge >= 0.3 is 0 Å². The SMILES string of the molecule is Cc1cc(CSc2ccccc2C(=O)N2CCN(CC(=O)Nc3ccc(Cl)cn3)CC2)no1. The second kappa shape index (κ2) is 10.8. The standard InChI is InChI=1S/C23H24ClN5O3S/c1-16-12-18(27-32-16)15-33-20-5-3-2-4-19(20)23(31)29-10-8-28(9-11-29)14-22(30)26-21-7-6-17(24)13-25-21/h2-7,12-13H,8-11,14-15H2,1H3,(H,25,26,30). The highest BCUT2D eigenvalue weighted by atomic mass is 35.5. The molecule has 1 aromatic carbocycles. The van der Waals surface area contributed by atoms with E-state index in [4.69, 9.17) is 16.1 Å². The summed E-state index contributed by atoms with van der Waals surface area (Å²) in [5, 5.41) is 7.30. The van der Waals surface area contributed by atoms with Crippen LogP contribution in [0.5, 0.6) is 0 Å². The number of amides is 2. The van der Waals surface area contributed by atoms with Crippen LogP contribution in [-0.4, -0.2) is 64.5 Å². The van der Waals surface area contributed by atoms with E-state index in [1.807, 2.05) is 47.1 Å². The molecule has 1 saturated heterocycles. The van der Waals surface area contributed by atoms with Gasteiger partial charge in [0.1, 0.15) is 11.6 Å². The number of halogens is 1. The lowest BCUT2D eigenvalue weighted by molar-refractivity contribution is -0.117. The van der Waals surface area contributed by atoms with Crippen molar-refractivity contribution in [1.82, 2.24) is 19.9 Å². The molecule has 1 fully saturated rings. The molecule has 0 bridgehead atoms. The summed E-state index contributed by atoms with van der Waals surface area (Å²) in [5.41, 5.74) is 1.53. The molecule has 8 nitrogen and oxygen atoms in total. The molecule has 0 radical (unpaired) electrons. The van der Waals surface area contributed by atoms with Crippen LogP contribution in [0, 0.1) is 6.92 Å². The number of nitrogens with zero attached hydrogens (tertiary/aromatic N) is 4. The molecule has 1 aliphatic rings. The number of anilines is 1. The van der Waals surface area contributed by atoms with Gasteiger partial charge in [0.05, 0.1) is 22.8 Å². The highest BCUT2D eigenvalue weighted by molar-refractivity contribution is 7.98. The summed E-state index contributed by atoms with van der Waals surface area (Å²) in [6, 6.07) is 12.9. The van der Waals surface area contributed by atoms with Gasteiger partial charge in [0.25, 0.3) is 5.91 Å². The molecule has 33 heavy (non-hydrogen) atoms. The topological polar surface area (TPSA) is 91.6 Å². The summed E-state index contributed by atoms with van der Waals surface area (Å²) < 4.78 is 5.12. The summed E-state index contributed by atoms with van der Waals surface area (Å²) in [5.74, 6) is 1.73. The number of piperazine rings is 1. The molecule has 1 N–H and O–H groups in total. The van der Waals surface area contributed by atoms with Crippen LogP contribution in [0.2, 0.25) is 5.02 Å². The van der Waals surface area contributed by atoms with Crippen molar-refractivity contribution in [1.29, 1.82) is 0 Å². The minimum Gasteiger partial charge on any atom is -0.361 e. The monoisotopic (exact) mass is 485 g/mol. The van der Waals surface area contributed by atoms with Crippen LogP contribution in [0.25, 0.3) is 0 Å². The number of hydrogen-bond acceptors (Lipinski definition) is 7. The van der Waals surface area contributed by atoms with Crippen molar-refractivity contribution in [2.75, 3.05) is 38.0 Å². The third kappa shape index (κ3) is 6.34. The van der Waals surface area contributed by atoms with E-state index in [1.165, 1.54) is 6.20 Å². The lowest BCUT2D eigenvalue weighted by Crippen LogP contribution is -2.50.